The number of hydrogen-bond donors (Lipinski definition) is 1. The normalized spacial score (nSPS) is 10.8. The average molecular weight is 409 g/mol. The molecule has 1 amide bonds. The largest absolute Gasteiger partial charge is 0.348 e. The van der Waals surface area contributed by atoms with E-state index < -0.39 is 0 Å². The van der Waals surface area contributed by atoms with Crippen LogP contribution in [0.4, 0.5) is 5.69 Å². The van der Waals surface area contributed by atoms with Gasteiger partial charge in [-0.1, -0.05) is 41.9 Å². The highest BCUT2D eigenvalue weighted by molar-refractivity contribution is 6.30. The summed E-state index contributed by atoms with van der Waals surface area (Å²) in [6.45, 7) is 8.27. The molecule has 150 valence electrons. The van der Waals surface area contributed by atoms with E-state index in [0.29, 0.717) is 17.3 Å². The Bertz CT molecular complexity index is 1090. The van der Waals surface area contributed by atoms with Crippen LogP contribution < -0.4 is 10.7 Å². The molecule has 0 bridgehead atoms. The molecule has 0 unspecified atom stereocenters. The van der Waals surface area contributed by atoms with Crippen LogP contribution in [0.25, 0.3) is 0 Å². The van der Waals surface area contributed by atoms with Crippen molar-refractivity contribution in [2.45, 2.75) is 40.7 Å². The zero-order valence-corrected chi connectivity index (χ0v) is 17.9. The van der Waals surface area contributed by atoms with E-state index >= 15 is 0 Å². The Balaban J connectivity index is 1.91. The molecule has 0 spiro atoms. The fraction of sp³-hybridized carbons (Fsp3) is 0.250. The van der Waals surface area contributed by atoms with E-state index in [1.165, 1.54) is 6.07 Å². The topological polar surface area (TPSA) is 51.1 Å². The number of hydrogen-bond acceptors (Lipinski definition) is 2. The highest BCUT2D eigenvalue weighted by Gasteiger charge is 2.19. The summed E-state index contributed by atoms with van der Waals surface area (Å²) in [7, 11) is 0. The minimum atomic E-state index is -0.370. The number of nitrogens with one attached hydrogen (secondary N) is 1. The lowest BCUT2D eigenvalue weighted by Gasteiger charge is -2.18. The number of rotatable bonds is 5. The van der Waals surface area contributed by atoms with Crippen molar-refractivity contribution in [1.29, 1.82) is 0 Å². The van der Waals surface area contributed by atoms with Crippen molar-refractivity contribution in [1.82, 2.24) is 4.57 Å². The van der Waals surface area contributed by atoms with Gasteiger partial charge in [0, 0.05) is 34.7 Å². The van der Waals surface area contributed by atoms with Gasteiger partial charge in [-0.15, -0.1) is 0 Å². The number of anilines is 1. The quantitative estimate of drug-likeness (QED) is 0.628. The Morgan fingerprint density at radius 1 is 1.00 bits per heavy atom. The zero-order chi connectivity index (χ0) is 21.1. The lowest BCUT2D eigenvalue weighted by Crippen LogP contribution is -2.27. The summed E-state index contributed by atoms with van der Waals surface area (Å²) in [5, 5.41) is 3.64. The first-order valence-corrected chi connectivity index (χ1v) is 9.98. The van der Waals surface area contributed by atoms with E-state index in [9.17, 15) is 9.59 Å². The molecule has 1 N–H and O–H groups in total. The van der Waals surface area contributed by atoms with Crippen molar-refractivity contribution in [3.05, 3.63) is 97.4 Å². The second-order valence-corrected chi connectivity index (χ2v) is 7.80. The van der Waals surface area contributed by atoms with E-state index in [1.54, 1.807) is 0 Å². The molecule has 3 rings (SSSR count). The van der Waals surface area contributed by atoms with E-state index in [1.807, 2.05) is 74.7 Å². The van der Waals surface area contributed by atoms with Gasteiger partial charge in [0.2, 0.25) is 0 Å². The van der Waals surface area contributed by atoms with Gasteiger partial charge in [0.25, 0.3) is 5.91 Å². The Morgan fingerprint density at radius 3 is 2.24 bits per heavy atom. The molecule has 1 aromatic heterocycles. The van der Waals surface area contributed by atoms with Gasteiger partial charge in [0.1, 0.15) is 5.56 Å². The summed E-state index contributed by atoms with van der Waals surface area (Å²) in [5.41, 5.74) is 5.27. The molecule has 1 heterocycles. The van der Waals surface area contributed by atoms with Gasteiger partial charge in [0.05, 0.1) is 0 Å². The molecule has 5 heteroatoms. The number of amides is 1. The van der Waals surface area contributed by atoms with Crippen LogP contribution in [0, 0.1) is 27.7 Å². The van der Waals surface area contributed by atoms with Crippen LogP contribution in [0.2, 0.25) is 5.02 Å². The van der Waals surface area contributed by atoms with Crippen molar-refractivity contribution in [3.8, 4) is 0 Å². The first-order valence-electron chi connectivity index (χ1n) is 9.61. The van der Waals surface area contributed by atoms with Gasteiger partial charge in [-0.3, -0.25) is 9.59 Å². The van der Waals surface area contributed by atoms with Crippen LogP contribution in [0.15, 0.2) is 53.3 Å². The first-order chi connectivity index (χ1) is 13.8. The Labute approximate surface area is 176 Å². The summed E-state index contributed by atoms with van der Waals surface area (Å²) in [6.07, 6.45) is 0.777. The molecule has 2 aromatic carbocycles. The Hall–Kier alpha value is -2.85. The van der Waals surface area contributed by atoms with Gasteiger partial charge in [-0.05, 0) is 62.9 Å². The maximum atomic E-state index is 13.0. The smallest absolute Gasteiger partial charge is 0.261 e. The molecule has 0 saturated heterocycles. The summed E-state index contributed by atoms with van der Waals surface area (Å²) in [6, 6.07) is 15.1. The van der Waals surface area contributed by atoms with Gasteiger partial charge in [0.15, 0.2) is 5.43 Å². The number of carbonyl (C=O) groups is 1. The van der Waals surface area contributed by atoms with Gasteiger partial charge < -0.3 is 9.88 Å². The van der Waals surface area contributed by atoms with E-state index in [2.05, 4.69) is 5.32 Å². The van der Waals surface area contributed by atoms with Crippen molar-refractivity contribution in [3.63, 3.8) is 0 Å². The average Bonchev–Trinajstić information content (AvgIpc) is 2.66. The third kappa shape index (κ3) is 4.60. The zero-order valence-electron chi connectivity index (χ0n) is 17.2. The molecule has 0 radical (unpaired) electrons. The maximum Gasteiger partial charge on any atom is 0.261 e. The van der Waals surface area contributed by atoms with Gasteiger partial charge >= 0.3 is 0 Å². The van der Waals surface area contributed by atoms with Gasteiger partial charge in [-0.25, -0.2) is 0 Å². The number of benzene rings is 2. The fourth-order valence-electron chi connectivity index (χ4n) is 3.62. The molecule has 3 aromatic rings. The summed E-state index contributed by atoms with van der Waals surface area (Å²) < 4.78 is 2.02. The number of aryl methyl sites for hydroxylation is 4. The summed E-state index contributed by atoms with van der Waals surface area (Å²) >= 11 is 5.96. The van der Waals surface area contributed by atoms with Crippen molar-refractivity contribution in [2.75, 3.05) is 5.32 Å². The first kappa shape index (κ1) is 20.9. The molecule has 0 aliphatic rings. The highest BCUT2D eigenvalue weighted by atomic mass is 35.5. The van der Waals surface area contributed by atoms with Crippen molar-refractivity contribution >= 4 is 23.2 Å². The number of pyridine rings is 1. The van der Waals surface area contributed by atoms with Crippen LogP contribution in [0.5, 0.6) is 0 Å². The molecule has 0 fully saturated rings. The standard InChI is InChI=1S/C24H25ClN2O2/c1-15-6-5-7-16(2)23(15)26-24(29)22-18(4)27(17(3)14-21(22)28)13-12-19-8-10-20(25)11-9-19/h5-11,14H,12-13H2,1-4H3,(H,26,29). The number of aromatic nitrogens is 1. The molecule has 0 saturated carbocycles. The monoisotopic (exact) mass is 408 g/mol. The van der Waals surface area contributed by atoms with Crippen LogP contribution in [0.1, 0.15) is 38.4 Å². The lowest BCUT2D eigenvalue weighted by molar-refractivity contribution is 0.102. The number of nitrogens with zero attached hydrogens (tertiary/aromatic N) is 1. The van der Waals surface area contributed by atoms with Crippen LogP contribution in [-0.4, -0.2) is 10.5 Å². The van der Waals surface area contributed by atoms with Crippen molar-refractivity contribution in [2.24, 2.45) is 0 Å². The lowest BCUT2D eigenvalue weighted by atomic mass is 10.1. The predicted molar refractivity (Wildman–Crippen MR) is 119 cm³/mol. The minimum absolute atomic E-state index is 0.189. The maximum absolute atomic E-state index is 13.0. The second kappa shape index (κ2) is 8.66. The molecular formula is C24H25ClN2O2. The molecule has 0 aliphatic heterocycles. The molecule has 0 atom stereocenters. The van der Waals surface area contributed by atoms with Crippen LogP contribution >= 0.6 is 11.6 Å². The molecule has 4 nitrogen and oxygen atoms in total. The highest BCUT2D eigenvalue weighted by Crippen LogP contribution is 2.21. The third-order valence-electron chi connectivity index (χ3n) is 5.26. The summed E-state index contributed by atoms with van der Waals surface area (Å²) in [4.78, 5) is 25.6. The SMILES string of the molecule is Cc1cccc(C)c1NC(=O)c1c(C)n(CCc2ccc(Cl)cc2)c(C)cc1=O. The Morgan fingerprint density at radius 2 is 1.62 bits per heavy atom. The summed E-state index contributed by atoms with van der Waals surface area (Å²) in [5.74, 6) is -0.370. The Kier molecular flexibility index (Phi) is 6.23. The number of halogens is 1. The van der Waals surface area contributed by atoms with Gasteiger partial charge in [-0.2, -0.15) is 0 Å². The second-order valence-electron chi connectivity index (χ2n) is 7.36. The van der Waals surface area contributed by atoms with Crippen LogP contribution in [0.3, 0.4) is 0 Å². The molecule has 29 heavy (non-hydrogen) atoms. The number of para-hydroxylation sites is 1. The minimum Gasteiger partial charge on any atom is -0.348 e. The van der Waals surface area contributed by atoms with E-state index in [-0.39, 0.29) is 16.9 Å². The van der Waals surface area contributed by atoms with E-state index in [0.717, 1.165) is 34.5 Å². The predicted octanol–water partition coefficient (Wildman–Crippen LogP) is 5.23. The fourth-order valence-corrected chi connectivity index (χ4v) is 3.74. The number of carbonyl (C=O) groups excluding carboxylic acids is 1. The molecule has 0 aliphatic carbocycles. The van der Waals surface area contributed by atoms with Crippen LogP contribution in [-0.2, 0) is 13.0 Å². The van der Waals surface area contributed by atoms with E-state index in [4.69, 9.17) is 11.6 Å². The van der Waals surface area contributed by atoms with Crippen molar-refractivity contribution < 1.29 is 4.79 Å². The third-order valence-corrected chi connectivity index (χ3v) is 5.51. The molecular weight excluding hydrogens is 384 g/mol.